The van der Waals surface area contributed by atoms with Crippen molar-refractivity contribution in [1.29, 1.82) is 0 Å². The van der Waals surface area contributed by atoms with Crippen LogP contribution in [0.2, 0.25) is 0 Å². The smallest absolute Gasteiger partial charge is 0.304 e. The standard InChI is InChI=1S/C28H42N4O4S/c1-9-23(6)29-28(34)25(10-2)31(18-24-15-12-20(3)13-16-24)27(33)19-32(37(35,36)30(7)8)26-17-21(4)11-14-22(26)5/h11-17,23,25H,9-10,18-19H2,1-8H3,(H,29,34)/t23-,25+/m1/s1. The number of carbonyl (C=O) groups is 2. The van der Waals surface area contributed by atoms with Gasteiger partial charge in [0.1, 0.15) is 12.6 Å². The lowest BCUT2D eigenvalue weighted by Gasteiger charge is -2.34. The Morgan fingerprint density at radius 1 is 0.919 bits per heavy atom. The van der Waals surface area contributed by atoms with Crippen molar-refractivity contribution in [3.8, 4) is 0 Å². The number of nitrogens with one attached hydrogen (secondary N) is 1. The first-order chi connectivity index (χ1) is 17.3. The van der Waals surface area contributed by atoms with Crippen LogP contribution in [0.3, 0.4) is 0 Å². The quantitative estimate of drug-likeness (QED) is 0.450. The van der Waals surface area contributed by atoms with Crippen LogP contribution in [0.1, 0.15) is 55.9 Å². The van der Waals surface area contributed by atoms with Gasteiger partial charge >= 0.3 is 10.2 Å². The second-order valence-corrected chi connectivity index (χ2v) is 11.9. The van der Waals surface area contributed by atoms with E-state index in [4.69, 9.17) is 0 Å². The summed E-state index contributed by atoms with van der Waals surface area (Å²) in [5, 5.41) is 2.99. The number of hydrogen-bond donors (Lipinski definition) is 1. The maximum atomic E-state index is 13.9. The van der Waals surface area contributed by atoms with Crippen molar-refractivity contribution >= 4 is 27.7 Å². The van der Waals surface area contributed by atoms with E-state index in [0.29, 0.717) is 12.1 Å². The van der Waals surface area contributed by atoms with Gasteiger partial charge in [0, 0.05) is 26.7 Å². The molecule has 0 saturated heterocycles. The van der Waals surface area contributed by atoms with Gasteiger partial charge in [-0.3, -0.25) is 9.59 Å². The molecular formula is C28H42N4O4S. The summed E-state index contributed by atoms with van der Waals surface area (Å²) in [6, 6.07) is 12.5. The van der Waals surface area contributed by atoms with Crippen molar-refractivity contribution < 1.29 is 18.0 Å². The summed E-state index contributed by atoms with van der Waals surface area (Å²) in [7, 11) is -1.11. The van der Waals surface area contributed by atoms with E-state index >= 15 is 0 Å². The van der Waals surface area contributed by atoms with Crippen LogP contribution in [-0.4, -0.2) is 62.2 Å². The molecule has 2 atom stereocenters. The fourth-order valence-electron chi connectivity index (χ4n) is 3.94. The van der Waals surface area contributed by atoms with Gasteiger partial charge in [-0.05, 0) is 63.3 Å². The number of hydrogen-bond acceptors (Lipinski definition) is 4. The van der Waals surface area contributed by atoms with Gasteiger partial charge < -0.3 is 10.2 Å². The minimum absolute atomic E-state index is 0.0431. The van der Waals surface area contributed by atoms with E-state index in [0.717, 1.165) is 37.3 Å². The number of benzene rings is 2. The number of amides is 2. The lowest BCUT2D eigenvalue weighted by molar-refractivity contribution is -0.140. The Kier molecular flexibility index (Phi) is 10.7. The Labute approximate surface area is 222 Å². The average molecular weight is 531 g/mol. The molecule has 37 heavy (non-hydrogen) atoms. The number of rotatable bonds is 12. The van der Waals surface area contributed by atoms with Crippen molar-refractivity contribution in [2.24, 2.45) is 0 Å². The highest BCUT2D eigenvalue weighted by Crippen LogP contribution is 2.26. The predicted octanol–water partition coefficient (Wildman–Crippen LogP) is 3.95. The van der Waals surface area contributed by atoms with Gasteiger partial charge in [-0.2, -0.15) is 12.7 Å². The van der Waals surface area contributed by atoms with E-state index < -0.39 is 28.7 Å². The maximum Gasteiger partial charge on any atom is 0.304 e. The van der Waals surface area contributed by atoms with Crippen LogP contribution in [-0.2, 0) is 26.3 Å². The minimum atomic E-state index is -4.00. The highest BCUT2D eigenvalue weighted by molar-refractivity contribution is 7.90. The molecule has 0 bridgehead atoms. The molecule has 0 unspecified atom stereocenters. The van der Waals surface area contributed by atoms with E-state index in [1.54, 1.807) is 6.07 Å². The zero-order valence-electron chi connectivity index (χ0n) is 23.4. The second-order valence-electron chi connectivity index (χ2n) is 9.84. The first-order valence-corrected chi connectivity index (χ1v) is 14.1. The lowest BCUT2D eigenvalue weighted by Crippen LogP contribution is -2.54. The van der Waals surface area contributed by atoms with E-state index in [-0.39, 0.29) is 18.5 Å². The molecule has 0 aliphatic carbocycles. The Morgan fingerprint density at radius 2 is 1.51 bits per heavy atom. The molecule has 0 heterocycles. The summed E-state index contributed by atoms with van der Waals surface area (Å²) in [6.45, 7) is 11.2. The topological polar surface area (TPSA) is 90.0 Å². The molecule has 2 amide bonds. The van der Waals surface area contributed by atoms with Crippen LogP contribution in [0.15, 0.2) is 42.5 Å². The van der Waals surface area contributed by atoms with Gasteiger partial charge in [-0.15, -0.1) is 0 Å². The fraction of sp³-hybridized carbons (Fsp3) is 0.500. The van der Waals surface area contributed by atoms with Crippen molar-refractivity contribution in [2.45, 2.75) is 73.0 Å². The molecular weight excluding hydrogens is 488 g/mol. The predicted molar refractivity (Wildman–Crippen MR) is 150 cm³/mol. The average Bonchev–Trinajstić information content (AvgIpc) is 2.84. The number of anilines is 1. The van der Waals surface area contributed by atoms with E-state index in [1.807, 2.05) is 77.9 Å². The van der Waals surface area contributed by atoms with Gasteiger partial charge in [-0.1, -0.05) is 55.8 Å². The Hall–Kier alpha value is -2.91. The summed E-state index contributed by atoms with van der Waals surface area (Å²) in [6.07, 6.45) is 1.15. The zero-order valence-corrected chi connectivity index (χ0v) is 24.2. The Balaban J connectivity index is 2.55. The molecule has 204 valence electrons. The summed E-state index contributed by atoms with van der Waals surface area (Å²) < 4.78 is 29.1. The normalized spacial score (nSPS) is 13.2. The third kappa shape index (κ3) is 7.79. The molecule has 0 spiro atoms. The molecule has 2 aromatic rings. The van der Waals surface area contributed by atoms with Crippen LogP contribution < -0.4 is 9.62 Å². The van der Waals surface area contributed by atoms with Crippen LogP contribution in [0.25, 0.3) is 0 Å². The molecule has 0 aromatic heterocycles. The molecule has 0 fully saturated rings. The monoisotopic (exact) mass is 530 g/mol. The van der Waals surface area contributed by atoms with Crippen molar-refractivity contribution in [2.75, 3.05) is 24.9 Å². The van der Waals surface area contributed by atoms with E-state index in [2.05, 4.69) is 5.32 Å². The van der Waals surface area contributed by atoms with Crippen LogP contribution in [0, 0.1) is 20.8 Å². The zero-order chi connectivity index (χ0) is 27.9. The second kappa shape index (κ2) is 13.1. The minimum Gasteiger partial charge on any atom is -0.352 e. The molecule has 1 N–H and O–H groups in total. The molecule has 8 nitrogen and oxygen atoms in total. The molecule has 2 rings (SSSR count). The van der Waals surface area contributed by atoms with Gasteiger partial charge in [0.15, 0.2) is 0 Å². The first-order valence-electron chi connectivity index (χ1n) is 12.7. The molecule has 0 aliphatic rings. The van der Waals surface area contributed by atoms with Crippen LogP contribution >= 0.6 is 0 Å². The van der Waals surface area contributed by atoms with Crippen molar-refractivity contribution in [1.82, 2.24) is 14.5 Å². The summed E-state index contributed by atoms with van der Waals surface area (Å²) >= 11 is 0. The van der Waals surface area contributed by atoms with Gasteiger partial charge in [-0.25, -0.2) is 4.31 Å². The Bertz CT molecular complexity index is 1180. The van der Waals surface area contributed by atoms with Gasteiger partial charge in [0.05, 0.1) is 5.69 Å². The SMILES string of the molecule is CC[C@@H](C)NC(=O)[C@H](CC)N(Cc1ccc(C)cc1)C(=O)CN(c1cc(C)ccc1C)S(=O)(=O)N(C)C. The Morgan fingerprint density at radius 3 is 2.05 bits per heavy atom. The number of aryl methyl sites for hydroxylation is 3. The van der Waals surface area contributed by atoms with Crippen molar-refractivity contribution in [3.63, 3.8) is 0 Å². The third-order valence-electron chi connectivity index (χ3n) is 6.51. The van der Waals surface area contributed by atoms with Crippen LogP contribution in [0.5, 0.6) is 0 Å². The summed E-state index contributed by atoms with van der Waals surface area (Å²) in [4.78, 5) is 28.7. The summed E-state index contributed by atoms with van der Waals surface area (Å²) in [5.74, 6) is -0.691. The molecule has 0 radical (unpaired) electrons. The highest BCUT2D eigenvalue weighted by atomic mass is 32.2. The largest absolute Gasteiger partial charge is 0.352 e. The van der Waals surface area contributed by atoms with Gasteiger partial charge in [0.2, 0.25) is 11.8 Å². The van der Waals surface area contributed by atoms with E-state index in [9.17, 15) is 18.0 Å². The molecule has 9 heteroatoms. The van der Waals surface area contributed by atoms with Gasteiger partial charge in [0.25, 0.3) is 0 Å². The first kappa shape index (κ1) is 30.3. The highest BCUT2D eigenvalue weighted by Gasteiger charge is 2.34. The summed E-state index contributed by atoms with van der Waals surface area (Å²) in [5.41, 5.74) is 4.00. The number of carbonyl (C=O) groups excluding carboxylic acids is 2. The third-order valence-corrected chi connectivity index (χ3v) is 8.32. The van der Waals surface area contributed by atoms with Crippen molar-refractivity contribution in [3.05, 3.63) is 64.7 Å². The molecule has 2 aromatic carbocycles. The molecule has 0 aliphatic heterocycles. The fourth-order valence-corrected chi connectivity index (χ4v) is 5.05. The van der Waals surface area contributed by atoms with Crippen LogP contribution in [0.4, 0.5) is 5.69 Å². The lowest BCUT2D eigenvalue weighted by atomic mass is 10.1. The van der Waals surface area contributed by atoms with E-state index in [1.165, 1.54) is 19.0 Å². The number of nitrogens with zero attached hydrogens (tertiary/aromatic N) is 3. The molecule has 0 saturated carbocycles. The maximum absolute atomic E-state index is 13.9.